The Morgan fingerprint density at radius 1 is 1.50 bits per heavy atom. The molecule has 0 atom stereocenters. The number of anilines is 1. The fraction of sp³-hybridized carbons (Fsp3) is 0.571. The number of rotatable bonds is 2. The maximum atomic E-state index is 12.3. The summed E-state index contributed by atoms with van der Waals surface area (Å²) in [4.78, 5) is 18.3. The molecule has 2 heterocycles. The van der Waals surface area contributed by atoms with Gasteiger partial charge in [-0.2, -0.15) is 0 Å². The van der Waals surface area contributed by atoms with Crippen LogP contribution < -0.4 is 9.64 Å². The molecule has 20 heavy (non-hydrogen) atoms. The number of aromatic nitrogens is 1. The molecule has 0 aliphatic carbocycles. The highest BCUT2D eigenvalue weighted by Gasteiger charge is 2.29. The lowest BCUT2D eigenvalue weighted by atomic mass is 10.2. The normalized spacial score (nSPS) is 14.5. The van der Waals surface area contributed by atoms with E-state index in [0.717, 1.165) is 16.5 Å². The Kier molecular flexibility index (Phi) is 4.72. The van der Waals surface area contributed by atoms with Crippen molar-refractivity contribution >= 4 is 34.5 Å². The third kappa shape index (κ3) is 3.74. The summed E-state index contributed by atoms with van der Waals surface area (Å²) in [6.45, 7) is 6.48. The molecule has 1 aliphatic heterocycles. The van der Waals surface area contributed by atoms with Gasteiger partial charge in [-0.3, -0.25) is 4.90 Å². The first kappa shape index (κ1) is 15.3. The molecule has 5 nitrogen and oxygen atoms in total. The van der Waals surface area contributed by atoms with E-state index in [0.29, 0.717) is 24.7 Å². The van der Waals surface area contributed by atoms with Gasteiger partial charge >= 0.3 is 6.09 Å². The van der Waals surface area contributed by atoms with Gasteiger partial charge in [-0.25, -0.2) is 9.78 Å². The molecule has 0 saturated carbocycles. The topological polar surface area (TPSA) is 51.7 Å². The van der Waals surface area contributed by atoms with Crippen molar-refractivity contribution in [1.29, 1.82) is 0 Å². The van der Waals surface area contributed by atoms with Crippen molar-refractivity contribution in [3.05, 3.63) is 17.8 Å². The monoisotopic (exact) mass is 390 g/mol. The number of alkyl halides is 1. The van der Waals surface area contributed by atoms with Crippen molar-refractivity contribution < 1.29 is 14.3 Å². The molecule has 0 aromatic carbocycles. The quantitative estimate of drug-likeness (QED) is 0.575. The van der Waals surface area contributed by atoms with Crippen molar-refractivity contribution in [1.82, 2.24) is 4.98 Å². The Bertz CT molecular complexity index is 500. The first-order valence-electron chi connectivity index (χ1n) is 6.60. The Morgan fingerprint density at radius 3 is 2.90 bits per heavy atom. The zero-order chi connectivity index (χ0) is 14.8. The lowest BCUT2D eigenvalue weighted by Crippen LogP contribution is -2.42. The highest BCUT2D eigenvalue weighted by atomic mass is 127. The lowest BCUT2D eigenvalue weighted by Gasteiger charge is -2.30. The van der Waals surface area contributed by atoms with E-state index in [1.165, 1.54) is 0 Å². The van der Waals surface area contributed by atoms with Crippen LogP contribution in [-0.4, -0.2) is 34.3 Å². The number of hydrogen-bond acceptors (Lipinski definition) is 4. The van der Waals surface area contributed by atoms with E-state index in [1.807, 2.05) is 32.9 Å². The van der Waals surface area contributed by atoms with Gasteiger partial charge in [0.2, 0.25) is 0 Å². The van der Waals surface area contributed by atoms with Crippen LogP contribution in [-0.2, 0) is 11.2 Å². The fourth-order valence-corrected chi connectivity index (χ4v) is 2.42. The summed E-state index contributed by atoms with van der Waals surface area (Å²) in [6, 6.07) is 3.82. The number of nitrogens with zero attached hydrogens (tertiary/aromatic N) is 2. The minimum absolute atomic E-state index is 0.374. The Hall–Kier alpha value is -1.05. The third-order valence-electron chi connectivity index (χ3n) is 2.69. The molecular formula is C14H19IN2O3. The second-order valence-corrected chi connectivity index (χ2v) is 6.62. The SMILES string of the molecule is CC(C)(C)OC(=O)N1CCOc2ccc(CCI)nc21. The van der Waals surface area contributed by atoms with Gasteiger partial charge in [-0.1, -0.05) is 22.6 Å². The average molecular weight is 390 g/mol. The molecule has 2 rings (SSSR count). The van der Waals surface area contributed by atoms with Gasteiger partial charge in [0.15, 0.2) is 11.6 Å². The fourth-order valence-electron chi connectivity index (χ4n) is 1.86. The largest absolute Gasteiger partial charge is 0.488 e. The smallest absolute Gasteiger partial charge is 0.416 e. The maximum absolute atomic E-state index is 12.3. The Labute approximate surface area is 132 Å². The third-order valence-corrected chi connectivity index (χ3v) is 3.23. The molecule has 0 N–H and O–H groups in total. The van der Waals surface area contributed by atoms with E-state index < -0.39 is 5.60 Å². The highest BCUT2D eigenvalue weighted by Crippen LogP contribution is 2.30. The summed E-state index contributed by atoms with van der Waals surface area (Å²) in [7, 11) is 0. The highest BCUT2D eigenvalue weighted by molar-refractivity contribution is 14.1. The molecule has 110 valence electrons. The number of amides is 1. The van der Waals surface area contributed by atoms with Crippen molar-refractivity contribution in [2.45, 2.75) is 32.8 Å². The molecule has 1 amide bonds. The molecule has 6 heteroatoms. The van der Waals surface area contributed by atoms with E-state index in [1.54, 1.807) is 4.90 Å². The predicted molar refractivity (Wildman–Crippen MR) is 85.9 cm³/mol. The molecule has 1 aliphatic rings. The van der Waals surface area contributed by atoms with Crippen molar-refractivity contribution in [3.8, 4) is 5.75 Å². The molecule has 1 aromatic heterocycles. The van der Waals surface area contributed by atoms with Gasteiger partial charge in [0.25, 0.3) is 0 Å². The summed E-state index contributed by atoms with van der Waals surface area (Å²) in [5.41, 5.74) is 0.437. The molecule has 0 radical (unpaired) electrons. The lowest BCUT2D eigenvalue weighted by molar-refractivity contribution is 0.0566. The van der Waals surface area contributed by atoms with Gasteiger partial charge in [-0.05, 0) is 39.3 Å². The first-order chi connectivity index (χ1) is 9.40. The number of hydrogen-bond donors (Lipinski definition) is 0. The van der Waals surface area contributed by atoms with Crippen LogP contribution in [0.3, 0.4) is 0 Å². The van der Waals surface area contributed by atoms with Gasteiger partial charge in [0.05, 0.1) is 6.54 Å². The standard InChI is InChI=1S/C14H19IN2O3/c1-14(2,3)20-13(18)17-8-9-19-11-5-4-10(6-7-15)16-12(11)17/h4-5H,6-9H2,1-3H3. The number of carbonyl (C=O) groups excluding carboxylic acids is 1. The molecule has 1 aromatic rings. The molecule has 0 unspecified atom stereocenters. The zero-order valence-electron chi connectivity index (χ0n) is 12.0. The Balaban J connectivity index is 2.26. The van der Waals surface area contributed by atoms with Crippen molar-refractivity contribution in [2.24, 2.45) is 0 Å². The number of pyridine rings is 1. The number of fused-ring (bicyclic) bond motifs is 1. The maximum Gasteiger partial charge on any atom is 0.416 e. The van der Waals surface area contributed by atoms with Crippen molar-refractivity contribution in [2.75, 3.05) is 22.5 Å². The number of carbonyl (C=O) groups is 1. The minimum Gasteiger partial charge on any atom is -0.488 e. The summed E-state index contributed by atoms with van der Waals surface area (Å²) < 4.78 is 12.0. The van der Waals surface area contributed by atoms with Gasteiger partial charge in [0.1, 0.15) is 12.2 Å². The molecule has 0 fully saturated rings. The molecule has 0 bridgehead atoms. The van der Waals surface area contributed by atoms with E-state index in [-0.39, 0.29) is 6.09 Å². The van der Waals surface area contributed by atoms with Crippen LogP contribution in [0.1, 0.15) is 26.5 Å². The van der Waals surface area contributed by atoms with E-state index in [2.05, 4.69) is 27.6 Å². The van der Waals surface area contributed by atoms with Gasteiger partial charge in [0, 0.05) is 10.1 Å². The molecule has 0 spiro atoms. The van der Waals surface area contributed by atoms with Crippen molar-refractivity contribution in [3.63, 3.8) is 0 Å². The molecule has 0 saturated heterocycles. The number of ether oxygens (including phenoxy) is 2. The van der Waals surface area contributed by atoms with Crippen LogP contribution in [0, 0.1) is 0 Å². The van der Waals surface area contributed by atoms with Crippen LogP contribution in [0.15, 0.2) is 12.1 Å². The van der Waals surface area contributed by atoms with Crippen LogP contribution in [0.2, 0.25) is 0 Å². The Morgan fingerprint density at radius 2 is 2.25 bits per heavy atom. The molecular weight excluding hydrogens is 371 g/mol. The first-order valence-corrected chi connectivity index (χ1v) is 8.12. The second-order valence-electron chi connectivity index (χ2n) is 5.54. The van der Waals surface area contributed by atoms with Gasteiger partial charge in [-0.15, -0.1) is 0 Å². The van der Waals surface area contributed by atoms with E-state index in [4.69, 9.17) is 9.47 Å². The van der Waals surface area contributed by atoms with Crippen LogP contribution >= 0.6 is 22.6 Å². The summed E-state index contributed by atoms with van der Waals surface area (Å²) >= 11 is 2.31. The summed E-state index contributed by atoms with van der Waals surface area (Å²) in [6.07, 6.45) is 0.497. The van der Waals surface area contributed by atoms with Crippen LogP contribution in [0.5, 0.6) is 5.75 Å². The zero-order valence-corrected chi connectivity index (χ0v) is 14.1. The second kappa shape index (κ2) is 6.15. The van der Waals surface area contributed by atoms with Crippen LogP contribution in [0.25, 0.3) is 0 Å². The summed E-state index contributed by atoms with van der Waals surface area (Å²) in [5.74, 6) is 1.20. The minimum atomic E-state index is -0.518. The van der Waals surface area contributed by atoms with Gasteiger partial charge < -0.3 is 9.47 Å². The number of halogens is 1. The summed E-state index contributed by atoms with van der Waals surface area (Å²) in [5, 5.41) is 0. The average Bonchev–Trinajstić information content (AvgIpc) is 2.36. The predicted octanol–water partition coefficient (Wildman–Crippen LogP) is 3.19. The van der Waals surface area contributed by atoms with Crippen LogP contribution in [0.4, 0.5) is 10.6 Å². The number of aryl methyl sites for hydroxylation is 1. The van der Waals surface area contributed by atoms with E-state index in [9.17, 15) is 4.79 Å². The van der Waals surface area contributed by atoms with E-state index >= 15 is 0 Å².